The van der Waals surface area contributed by atoms with Crippen molar-refractivity contribution in [3.05, 3.63) is 0 Å². The first-order valence-electron chi connectivity index (χ1n) is 8.27. The van der Waals surface area contributed by atoms with Crippen LogP contribution in [-0.2, 0) is 0 Å². The summed E-state index contributed by atoms with van der Waals surface area (Å²) in [5, 5.41) is 0. The van der Waals surface area contributed by atoms with E-state index in [4.69, 9.17) is 5.73 Å². The fourth-order valence-corrected chi connectivity index (χ4v) is 3.84. The molecule has 0 spiro atoms. The molecule has 2 rings (SSSR count). The summed E-state index contributed by atoms with van der Waals surface area (Å²) in [6.45, 7) is 6.25. The summed E-state index contributed by atoms with van der Waals surface area (Å²) in [6, 6.07) is 0.473. The van der Waals surface area contributed by atoms with Gasteiger partial charge < -0.3 is 10.6 Å². The van der Waals surface area contributed by atoms with Crippen LogP contribution in [0.4, 0.5) is 0 Å². The first kappa shape index (κ1) is 14.3. The zero-order valence-corrected chi connectivity index (χ0v) is 12.2. The number of nitrogens with zero attached hydrogens (tertiary/aromatic N) is 1. The van der Waals surface area contributed by atoms with Crippen molar-refractivity contribution in [3.63, 3.8) is 0 Å². The Morgan fingerprint density at radius 3 is 2.44 bits per heavy atom. The van der Waals surface area contributed by atoms with Crippen LogP contribution in [0.25, 0.3) is 0 Å². The zero-order chi connectivity index (χ0) is 12.8. The summed E-state index contributed by atoms with van der Waals surface area (Å²) in [4.78, 5) is 2.70. The highest BCUT2D eigenvalue weighted by Gasteiger charge is 2.25. The minimum absolute atomic E-state index is 0.473. The van der Waals surface area contributed by atoms with Gasteiger partial charge in [-0.15, -0.1) is 0 Å². The second kappa shape index (κ2) is 7.49. The molecule has 0 amide bonds. The van der Waals surface area contributed by atoms with Crippen LogP contribution in [0, 0.1) is 11.8 Å². The van der Waals surface area contributed by atoms with E-state index in [1.165, 1.54) is 77.4 Å². The van der Waals surface area contributed by atoms with Crippen molar-refractivity contribution in [2.45, 2.75) is 70.8 Å². The van der Waals surface area contributed by atoms with Gasteiger partial charge in [-0.2, -0.15) is 0 Å². The van der Waals surface area contributed by atoms with Crippen molar-refractivity contribution in [1.29, 1.82) is 0 Å². The lowest BCUT2D eigenvalue weighted by Gasteiger charge is -2.35. The van der Waals surface area contributed by atoms with Crippen LogP contribution in [0.5, 0.6) is 0 Å². The first-order valence-corrected chi connectivity index (χ1v) is 8.27. The Labute approximate surface area is 113 Å². The molecule has 0 aromatic carbocycles. The molecule has 1 saturated heterocycles. The summed E-state index contributed by atoms with van der Waals surface area (Å²) in [5.74, 6) is 1.78. The molecule has 1 aliphatic carbocycles. The van der Waals surface area contributed by atoms with E-state index in [0.29, 0.717) is 6.04 Å². The predicted octanol–water partition coefficient (Wildman–Crippen LogP) is 3.41. The van der Waals surface area contributed by atoms with Gasteiger partial charge in [-0.1, -0.05) is 39.0 Å². The third-order valence-electron chi connectivity index (χ3n) is 5.11. The maximum Gasteiger partial charge on any atom is 0.00793 e. The van der Waals surface area contributed by atoms with Crippen molar-refractivity contribution in [1.82, 2.24) is 4.90 Å². The number of hydrogen-bond acceptors (Lipinski definition) is 2. The Morgan fingerprint density at radius 1 is 1.00 bits per heavy atom. The van der Waals surface area contributed by atoms with Gasteiger partial charge in [0.2, 0.25) is 0 Å². The van der Waals surface area contributed by atoms with E-state index in [0.717, 1.165) is 11.8 Å². The van der Waals surface area contributed by atoms with Crippen LogP contribution in [0.2, 0.25) is 0 Å². The molecule has 1 heterocycles. The van der Waals surface area contributed by atoms with Gasteiger partial charge in [0.1, 0.15) is 0 Å². The van der Waals surface area contributed by atoms with Crippen molar-refractivity contribution in [2.75, 3.05) is 19.6 Å². The maximum atomic E-state index is 6.34. The highest BCUT2D eigenvalue weighted by Crippen LogP contribution is 2.26. The molecule has 2 unspecified atom stereocenters. The third-order valence-corrected chi connectivity index (χ3v) is 5.11. The van der Waals surface area contributed by atoms with E-state index < -0.39 is 0 Å². The molecule has 2 N–H and O–H groups in total. The second-order valence-electron chi connectivity index (χ2n) is 6.59. The summed E-state index contributed by atoms with van der Waals surface area (Å²) in [7, 11) is 0. The average Bonchev–Trinajstić information content (AvgIpc) is 2.58. The van der Waals surface area contributed by atoms with Gasteiger partial charge in [-0.25, -0.2) is 0 Å². The number of likely N-dealkylation sites (tertiary alicyclic amines) is 1. The van der Waals surface area contributed by atoms with Gasteiger partial charge in [-0.3, -0.25) is 0 Å². The standard InChI is InChI=1S/C16H32N2/c1-2-6-14-9-11-18(12-10-14)13-15-7-4-3-5-8-16(15)17/h14-16H,2-13,17H2,1H3. The second-order valence-corrected chi connectivity index (χ2v) is 6.59. The van der Waals surface area contributed by atoms with Crippen molar-refractivity contribution < 1.29 is 0 Å². The molecule has 1 saturated carbocycles. The topological polar surface area (TPSA) is 29.3 Å². The minimum Gasteiger partial charge on any atom is -0.327 e. The van der Waals surface area contributed by atoms with Gasteiger partial charge in [0.15, 0.2) is 0 Å². The molecule has 2 fully saturated rings. The SMILES string of the molecule is CCCC1CCN(CC2CCCCCC2N)CC1. The van der Waals surface area contributed by atoms with Crippen LogP contribution in [0.3, 0.4) is 0 Å². The van der Waals surface area contributed by atoms with E-state index in [1.807, 2.05) is 0 Å². The highest BCUT2D eigenvalue weighted by atomic mass is 15.1. The van der Waals surface area contributed by atoms with E-state index in [-0.39, 0.29) is 0 Å². The summed E-state index contributed by atoms with van der Waals surface area (Å²) in [6.07, 6.45) is 12.5. The lowest BCUT2D eigenvalue weighted by Crippen LogP contribution is -2.42. The Bertz CT molecular complexity index is 221. The van der Waals surface area contributed by atoms with Crippen molar-refractivity contribution in [2.24, 2.45) is 17.6 Å². The predicted molar refractivity (Wildman–Crippen MR) is 78.6 cm³/mol. The average molecular weight is 252 g/mol. The van der Waals surface area contributed by atoms with E-state index in [1.54, 1.807) is 0 Å². The monoisotopic (exact) mass is 252 g/mol. The molecular formula is C16H32N2. The van der Waals surface area contributed by atoms with Gasteiger partial charge in [0.05, 0.1) is 0 Å². The molecule has 2 nitrogen and oxygen atoms in total. The Balaban J connectivity index is 1.73. The molecule has 0 bridgehead atoms. The van der Waals surface area contributed by atoms with E-state index >= 15 is 0 Å². The van der Waals surface area contributed by atoms with E-state index in [2.05, 4.69) is 11.8 Å². The molecule has 2 heteroatoms. The number of rotatable bonds is 4. The lowest BCUT2D eigenvalue weighted by atomic mass is 9.90. The summed E-state index contributed by atoms with van der Waals surface area (Å²) in [5.41, 5.74) is 6.34. The summed E-state index contributed by atoms with van der Waals surface area (Å²) < 4.78 is 0. The fraction of sp³-hybridized carbons (Fsp3) is 1.00. The van der Waals surface area contributed by atoms with Gasteiger partial charge in [0, 0.05) is 12.6 Å². The highest BCUT2D eigenvalue weighted by molar-refractivity contribution is 4.81. The zero-order valence-electron chi connectivity index (χ0n) is 12.2. The minimum atomic E-state index is 0.473. The van der Waals surface area contributed by atoms with Gasteiger partial charge in [0.25, 0.3) is 0 Å². The van der Waals surface area contributed by atoms with Crippen LogP contribution in [0.1, 0.15) is 64.7 Å². The molecule has 106 valence electrons. The molecule has 0 radical (unpaired) electrons. The molecule has 0 aromatic heterocycles. The maximum absolute atomic E-state index is 6.34. The van der Waals surface area contributed by atoms with Crippen LogP contribution in [0.15, 0.2) is 0 Å². The van der Waals surface area contributed by atoms with Crippen molar-refractivity contribution >= 4 is 0 Å². The van der Waals surface area contributed by atoms with Gasteiger partial charge in [-0.05, 0) is 50.6 Å². The first-order chi connectivity index (χ1) is 8.79. The normalized spacial score (nSPS) is 32.3. The van der Waals surface area contributed by atoms with Crippen LogP contribution < -0.4 is 5.73 Å². The van der Waals surface area contributed by atoms with Gasteiger partial charge >= 0.3 is 0 Å². The van der Waals surface area contributed by atoms with E-state index in [9.17, 15) is 0 Å². The molecule has 18 heavy (non-hydrogen) atoms. The number of hydrogen-bond donors (Lipinski definition) is 1. The van der Waals surface area contributed by atoms with Crippen LogP contribution in [-0.4, -0.2) is 30.6 Å². The molecule has 2 aliphatic rings. The molecule has 1 aliphatic heterocycles. The molecule has 0 aromatic rings. The fourth-order valence-electron chi connectivity index (χ4n) is 3.84. The van der Waals surface area contributed by atoms with Crippen LogP contribution >= 0.6 is 0 Å². The van der Waals surface area contributed by atoms with Crippen molar-refractivity contribution in [3.8, 4) is 0 Å². The Morgan fingerprint density at radius 2 is 1.72 bits per heavy atom. The third kappa shape index (κ3) is 4.24. The number of piperidine rings is 1. The quantitative estimate of drug-likeness (QED) is 0.777. The Kier molecular flexibility index (Phi) is 5.97. The summed E-state index contributed by atoms with van der Waals surface area (Å²) >= 11 is 0. The largest absolute Gasteiger partial charge is 0.327 e. The molecule has 2 atom stereocenters. The number of nitrogens with two attached hydrogens (primary N) is 1. The lowest BCUT2D eigenvalue weighted by molar-refractivity contribution is 0.144. The smallest absolute Gasteiger partial charge is 0.00793 e. The Hall–Kier alpha value is -0.0800. The molecular weight excluding hydrogens is 220 g/mol.